The van der Waals surface area contributed by atoms with Crippen molar-refractivity contribution >= 4 is 43.4 Å². The third kappa shape index (κ3) is 7.03. The molecule has 0 bridgehead atoms. The van der Waals surface area contributed by atoms with Gasteiger partial charge < -0.3 is 4.57 Å². The Balaban J connectivity index is 0.902. The summed E-state index contributed by atoms with van der Waals surface area (Å²) in [6.45, 7) is 8.98. The first-order valence-corrected chi connectivity index (χ1v) is 23.4. The van der Waals surface area contributed by atoms with Gasteiger partial charge in [0.05, 0.1) is 11.0 Å². The van der Waals surface area contributed by atoms with Crippen LogP contribution >= 0.6 is 0 Å². The molecular formula is C66H49N. The average molecular weight is 856 g/mol. The van der Waals surface area contributed by atoms with Gasteiger partial charge in [-0.1, -0.05) is 194 Å². The van der Waals surface area contributed by atoms with E-state index in [0.29, 0.717) is 0 Å². The maximum Gasteiger partial charge on any atom is 0.0541 e. The summed E-state index contributed by atoms with van der Waals surface area (Å²) in [4.78, 5) is 0. The number of fused-ring (bicyclic) bond motifs is 5. The van der Waals surface area contributed by atoms with Crippen LogP contribution in [0.4, 0.5) is 0 Å². The van der Waals surface area contributed by atoms with Gasteiger partial charge in [0.25, 0.3) is 0 Å². The number of para-hydroxylation sites is 2. The van der Waals surface area contributed by atoms with Crippen molar-refractivity contribution in [2.45, 2.75) is 27.7 Å². The van der Waals surface area contributed by atoms with Gasteiger partial charge in [0.15, 0.2) is 0 Å². The minimum atomic E-state index is 1.17. The summed E-state index contributed by atoms with van der Waals surface area (Å²) in [5.41, 5.74) is 23.6. The van der Waals surface area contributed by atoms with E-state index in [9.17, 15) is 0 Å². The highest BCUT2D eigenvalue weighted by atomic mass is 15.0. The van der Waals surface area contributed by atoms with Gasteiger partial charge in [-0.05, 0) is 169 Å². The Bertz CT molecular complexity index is 3750. The van der Waals surface area contributed by atoms with Gasteiger partial charge in [0.2, 0.25) is 0 Å². The van der Waals surface area contributed by atoms with Gasteiger partial charge in [0.1, 0.15) is 0 Å². The zero-order valence-corrected chi connectivity index (χ0v) is 38.3. The fourth-order valence-corrected chi connectivity index (χ4v) is 10.4. The molecule has 0 amide bonds. The highest BCUT2D eigenvalue weighted by Crippen LogP contribution is 2.46. The SMILES string of the molecule is Cc1cc2c(-c3ccc(-c4ccc(-c5ccccc5)cc4)cc3)c3cc(C)c(C)cc3c(-c3ccc(-c4ccc(-c5ccc6c(c5)c5ccccc5n6-c5ccccc5)cc4)cc3)c2cc1C. The van der Waals surface area contributed by atoms with Crippen LogP contribution in [-0.4, -0.2) is 4.57 Å². The van der Waals surface area contributed by atoms with Crippen molar-refractivity contribution in [3.8, 4) is 72.4 Å². The molecule has 0 saturated heterocycles. The first-order chi connectivity index (χ1) is 32.9. The van der Waals surface area contributed by atoms with Crippen LogP contribution in [-0.2, 0) is 0 Å². The van der Waals surface area contributed by atoms with Crippen molar-refractivity contribution in [1.29, 1.82) is 0 Å². The van der Waals surface area contributed by atoms with Gasteiger partial charge in [0, 0.05) is 16.5 Å². The molecule has 0 spiro atoms. The minimum absolute atomic E-state index is 1.17. The van der Waals surface area contributed by atoms with E-state index in [2.05, 4.69) is 257 Å². The molecule has 0 aliphatic rings. The summed E-state index contributed by atoms with van der Waals surface area (Å²) >= 11 is 0. The second-order valence-electron chi connectivity index (χ2n) is 18.3. The van der Waals surface area contributed by atoms with Gasteiger partial charge in [-0.25, -0.2) is 0 Å². The van der Waals surface area contributed by atoms with E-state index in [1.165, 1.54) is 138 Å². The largest absolute Gasteiger partial charge is 0.309 e. The van der Waals surface area contributed by atoms with Crippen molar-refractivity contribution in [3.05, 3.63) is 247 Å². The summed E-state index contributed by atoms with van der Waals surface area (Å²) in [6.07, 6.45) is 0. The maximum atomic E-state index is 2.42. The first-order valence-electron chi connectivity index (χ1n) is 23.4. The zero-order chi connectivity index (χ0) is 45.2. The molecule has 0 saturated carbocycles. The molecular weight excluding hydrogens is 807 g/mol. The lowest BCUT2D eigenvalue weighted by Gasteiger charge is -2.21. The van der Waals surface area contributed by atoms with Crippen LogP contribution in [0.25, 0.3) is 116 Å². The molecule has 1 nitrogen and oxygen atoms in total. The van der Waals surface area contributed by atoms with Gasteiger partial charge in [-0.15, -0.1) is 0 Å². The summed E-state index contributed by atoms with van der Waals surface area (Å²) in [5.74, 6) is 0. The Morgan fingerprint density at radius 2 is 0.537 bits per heavy atom. The standard InChI is InChI=1S/C66H49N/c1-42-37-59-61(39-44(42)3)66(62-40-45(4)43(2)38-60(62)65(59)53-31-27-50(28-32-53)48-21-19-47(20-22-48)46-13-7-5-8-14-46)54-33-29-51(30-34-54)49-23-25-52(26-24-49)55-35-36-64-58(41-55)57-17-11-12-18-63(57)67(64)56-15-9-6-10-16-56/h5-41H,1-4H3. The van der Waals surface area contributed by atoms with E-state index >= 15 is 0 Å². The molecule has 0 aliphatic carbocycles. The Labute approximate surface area is 392 Å². The molecule has 12 aromatic rings. The van der Waals surface area contributed by atoms with Crippen LogP contribution in [0.2, 0.25) is 0 Å². The van der Waals surface area contributed by atoms with Crippen LogP contribution in [0, 0.1) is 27.7 Å². The molecule has 0 fully saturated rings. The Hall–Kier alpha value is -8.26. The number of aromatic nitrogens is 1. The van der Waals surface area contributed by atoms with Crippen molar-refractivity contribution in [1.82, 2.24) is 4.57 Å². The molecule has 1 heterocycles. The van der Waals surface area contributed by atoms with Crippen molar-refractivity contribution in [2.24, 2.45) is 0 Å². The Kier molecular flexibility index (Phi) is 9.81. The molecule has 67 heavy (non-hydrogen) atoms. The lowest BCUT2D eigenvalue weighted by atomic mass is 9.83. The quantitative estimate of drug-likeness (QED) is 0.141. The molecule has 0 N–H and O–H groups in total. The topological polar surface area (TPSA) is 4.93 Å². The molecule has 12 rings (SSSR count). The van der Waals surface area contributed by atoms with Crippen molar-refractivity contribution in [2.75, 3.05) is 0 Å². The predicted molar refractivity (Wildman–Crippen MR) is 287 cm³/mol. The summed E-state index contributed by atoms with van der Waals surface area (Å²) in [5, 5.41) is 7.68. The summed E-state index contributed by atoms with van der Waals surface area (Å²) in [7, 11) is 0. The minimum Gasteiger partial charge on any atom is -0.309 e. The number of aryl methyl sites for hydroxylation is 4. The van der Waals surface area contributed by atoms with E-state index in [1.54, 1.807) is 0 Å². The lowest BCUT2D eigenvalue weighted by Crippen LogP contribution is -1.95. The fraction of sp³-hybridized carbons (Fsp3) is 0.0606. The Morgan fingerprint density at radius 1 is 0.224 bits per heavy atom. The molecule has 0 unspecified atom stereocenters. The average Bonchev–Trinajstić information content (AvgIpc) is 3.71. The molecule has 1 heteroatoms. The van der Waals surface area contributed by atoms with Gasteiger partial charge >= 0.3 is 0 Å². The van der Waals surface area contributed by atoms with Crippen molar-refractivity contribution in [3.63, 3.8) is 0 Å². The first kappa shape index (κ1) is 40.3. The summed E-state index contributed by atoms with van der Waals surface area (Å²) < 4.78 is 2.37. The normalized spacial score (nSPS) is 11.6. The van der Waals surface area contributed by atoms with E-state index in [4.69, 9.17) is 0 Å². The number of rotatable bonds is 7. The van der Waals surface area contributed by atoms with Crippen LogP contribution in [0.15, 0.2) is 224 Å². The molecule has 11 aromatic carbocycles. The summed E-state index contributed by atoms with van der Waals surface area (Å²) in [6, 6.07) is 83.0. The smallest absolute Gasteiger partial charge is 0.0541 e. The van der Waals surface area contributed by atoms with Gasteiger partial charge in [-0.2, -0.15) is 0 Å². The highest BCUT2D eigenvalue weighted by molar-refractivity contribution is 6.22. The van der Waals surface area contributed by atoms with E-state index in [1.807, 2.05) is 0 Å². The number of benzene rings is 11. The van der Waals surface area contributed by atoms with Crippen LogP contribution in [0.3, 0.4) is 0 Å². The molecule has 1 aromatic heterocycles. The number of hydrogen-bond donors (Lipinski definition) is 0. The molecule has 318 valence electrons. The van der Waals surface area contributed by atoms with E-state index < -0.39 is 0 Å². The zero-order valence-electron chi connectivity index (χ0n) is 38.3. The van der Waals surface area contributed by atoms with Gasteiger partial charge in [-0.3, -0.25) is 0 Å². The van der Waals surface area contributed by atoms with E-state index in [-0.39, 0.29) is 0 Å². The third-order valence-corrected chi connectivity index (χ3v) is 14.3. The predicted octanol–water partition coefficient (Wildman–Crippen LogP) is 18.3. The maximum absolute atomic E-state index is 2.42. The Morgan fingerprint density at radius 3 is 0.970 bits per heavy atom. The van der Waals surface area contributed by atoms with Crippen LogP contribution in [0.5, 0.6) is 0 Å². The second-order valence-corrected chi connectivity index (χ2v) is 18.3. The number of hydrogen-bond acceptors (Lipinski definition) is 0. The molecule has 0 radical (unpaired) electrons. The lowest BCUT2D eigenvalue weighted by molar-refractivity contribution is 1.18. The third-order valence-electron chi connectivity index (χ3n) is 14.3. The monoisotopic (exact) mass is 855 g/mol. The van der Waals surface area contributed by atoms with E-state index in [0.717, 1.165) is 0 Å². The number of nitrogens with zero attached hydrogens (tertiary/aromatic N) is 1. The van der Waals surface area contributed by atoms with Crippen LogP contribution in [0.1, 0.15) is 22.3 Å². The second kappa shape index (κ2) is 16.3. The molecule has 0 aliphatic heterocycles. The van der Waals surface area contributed by atoms with Crippen LogP contribution < -0.4 is 0 Å². The van der Waals surface area contributed by atoms with Crippen molar-refractivity contribution < 1.29 is 0 Å². The highest BCUT2D eigenvalue weighted by Gasteiger charge is 2.20. The fourth-order valence-electron chi connectivity index (χ4n) is 10.4. The molecule has 0 atom stereocenters.